The second kappa shape index (κ2) is 8.41. The van der Waals surface area contributed by atoms with Crippen LogP contribution in [0.15, 0.2) is 29.3 Å². The molecule has 0 aliphatic heterocycles. The van der Waals surface area contributed by atoms with E-state index in [4.69, 9.17) is 5.11 Å². The number of hydrogen-bond donors (Lipinski definition) is 2. The van der Waals surface area contributed by atoms with Gasteiger partial charge in [-0.15, -0.1) is 0 Å². The minimum absolute atomic E-state index is 0.0226. The van der Waals surface area contributed by atoms with Gasteiger partial charge in [0, 0.05) is 13.0 Å². The van der Waals surface area contributed by atoms with Crippen LogP contribution in [0.4, 0.5) is 0 Å². The van der Waals surface area contributed by atoms with E-state index in [1.807, 2.05) is 19.9 Å². The molecule has 0 radical (unpaired) electrons. The van der Waals surface area contributed by atoms with Gasteiger partial charge in [-0.2, -0.15) is 0 Å². The van der Waals surface area contributed by atoms with Gasteiger partial charge in [0.25, 0.3) is 5.56 Å². The Bertz CT molecular complexity index is 829. The lowest BCUT2D eigenvalue weighted by molar-refractivity contribution is -0.142. The van der Waals surface area contributed by atoms with Crippen molar-refractivity contribution in [3.05, 3.63) is 40.4 Å². The van der Waals surface area contributed by atoms with Gasteiger partial charge in [-0.1, -0.05) is 31.9 Å². The average molecular weight is 345 g/mol. The highest BCUT2D eigenvalue weighted by molar-refractivity contribution is 5.83. The highest BCUT2D eigenvalue weighted by atomic mass is 16.4. The van der Waals surface area contributed by atoms with Gasteiger partial charge in [-0.3, -0.25) is 14.2 Å². The number of aliphatic carboxylic acids is 1. The molecule has 0 unspecified atom stereocenters. The summed E-state index contributed by atoms with van der Waals surface area (Å²) in [4.78, 5) is 39.9. The fraction of sp³-hybridized carbons (Fsp3) is 0.444. The van der Waals surface area contributed by atoms with Crippen LogP contribution in [0.1, 0.15) is 38.2 Å². The van der Waals surface area contributed by atoms with Gasteiger partial charge in [0.2, 0.25) is 5.91 Å². The van der Waals surface area contributed by atoms with E-state index >= 15 is 0 Å². The molecule has 1 heterocycles. The van der Waals surface area contributed by atoms with Crippen molar-refractivity contribution < 1.29 is 14.7 Å². The molecule has 2 rings (SSSR count). The van der Waals surface area contributed by atoms with Gasteiger partial charge in [0.15, 0.2) is 0 Å². The second-order valence-corrected chi connectivity index (χ2v) is 6.06. The predicted molar refractivity (Wildman–Crippen MR) is 94.4 cm³/mol. The predicted octanol–water partition coefficient (Wildman–Crippen LogP) is 1.85. The number of unbranched alkanes of at least 4 members (excludes halogenated alkanes) is 1. The number of para-hydroxylation sites is 1. The molecule has 0 fully saturated rings. The summed E-state index contributed by atoms with van der Waals surface area (Å²) in [6.07, 6.45) is 3.43. The number of nitrogens with zero attached hydrogens (tertiary/aromatic N) is 2. The fourth-order valence-electron chi connectivity index (χ4n) is 2.65. The molecule has 0 aliphatic rings. The van der Waals surface area contributed by atoms with Crippen molar-refractivity contribution in [1.29, 1.82) is 0 Å². The first-order valence-corrected chi connectivity index (χ1v) is 8.41. The van der Waals surface area contributed by atoms with Crippen molar-refractivity contribution in [3.8, 4) is 0 Å². The summed E-state index contributed by atoms with van der Waals surface area (Å²) in [7, 11) is 0. The van der Waals surface area contributed by atoms with Gasteiger partial charge in [0.1, 0.15) is 6.04 Å². The summed E-state index contributed by atoms with van der Waals surface area (Å²) in [6.45, 7) is 4.00. The molecule has 1 atom stereocenters. The molecule has 2 aromatic rings. The first-order valence-electron chi connectivity index (χ1n) is 8.41. The number of rotatable bonds is 8. The number of benzene rings is 1. The molecule has 1 amide bonds. The topological polar surface area (TPSA) is 101 Å². The summed E-state index contributed by atoms with van der Waals surface area (Å²) in [6, 6.07) is 4.50. The summed E-state index contributed by atoms with van der Waals surface area (Å²) >= 11 is 0. The smallest absolute Gasteiger partial charge is 0.326 e. The molecule has 1 aromatic carbocycles. The zero-order valence-corrected chi connectivity index (χ0v) is 14.5. The van der Waals surface area contributed by atoms with E-state index in [9.17, 15) is 14.4 Å². The maximum absolute atomic E-state index is 12.5. The maximum Gasteiger partial charge on any atom is 0.326 e. The Labute approximate surface area is 145 Å². The van der Waals surface area contributed by atoms with Crippen molar-refractivity contribution in [2.75, 3.05) is 0 Å². The van der Waals surface area contributed by atoms with Crippen molar-refractivity contribution in [2.24, 2.45) is 0 Å². The van der Waals surface area contributed by atoms with Gasteiger partial charge < -0.3 is 10.4 Å². The Morgan fingerprint density at radius 2 is 2.12 bits per heavy atom. The van der Waals surface area contributed by atoms with Crippen LogP contribution >= 0.6 is 0 Å². The highest BCUT2D eigenvalue weighted by Crippen LogP contribution is 2.11. The largest absolute Gasteiger partial charge is 0.480 e. The van der Waals surface area contributed by atoms with Crippen molar-refractivity contribution in [2.45, 2.75) is 52.1 Å². The van der Waals surface area contributed by atoms with Crippen LogP contribution < -0.4 is 10.9 Å². The molecule has 1 aromatic heterocycles. The minimum atomic E-state index is -1.04. The molecule has 0 bridgehead atoms. The monoisotopic (exact) mass is 345 g/mol. The normalized spacial score (nSPS) is 12.1. The van der Waals surface area contributed by atoms with Crippen molar-refractivity contribution >= 4 is 22.8 Å². The Kier molecular flexibility index (Phi) is 6.27. The van der Waals surface area contributed by atoms with Gasteiger partial charge >= 0.3 is 5.97 Å². The van der Waals surface area contributed by atoms with E-state index in [1.54, 1.807) is 12.1 Å². The first kappa shape index (κ1) is 18.6. The van der Waals surface area contributed by atoms with Crippen LogP contribution in [0.25, 0.3) is 10.9 Å². The number of aryl methyl sites for hydroxylation is 2. The molecule has 7 heteroatoms. The SMILES string of the molecule is CCCC[C@H](NC(=O)CCn1cnc2c(C)cccc2c1=O)C(=O)O. The standard InChI is InChI=1S/C18H23N3O4/c1-3-4-8-14(18(24)25)20-15(22)9-10-21-11-19-16-12(2)6-5-7-13(16)17(21)23/h5-7,11,14H,3-4,8-10H2,1-2H3,(H,20,22)(H,24,25)/t14-/m0/s1. The van der Waals surface area contributed by atoms with Gasteiger partial charge in [-0.25, -0.2) is 9.78 Å². The lowest BCUT2D eigenvalue weighted by Crippen LogP contribution is -2.41. The summed E-state index contributed by atoms with van der Waals surface area (Å²) in [5.41, 5.74) is 1.36. The Hall–Kier alpha value is -2.70. The Morgan fingerprint density at radius 1 is 1.36 bits per heavy atom. The van der Waals surface area contributed by atoms with E-state index in [0.717, 1.165) is 18.4 Å². The van der Waals surface area contributed by atoms with Crippen LogP contribution in [0.3, 0.4) is 0 Å². The number of nitrogens with one attached hydrogen (secondary N) is 1. The number of carboxylic acids is 1. The number of hydrogen-bond acceptors (Lipinski definition) is 4. The highest BCUT2D eigenvalue weighted by Gasteiger charge is 2.19. The Balaban J connectivity index is 2.04. The number of aromatic nitrogens is 2. The number of carboxylic acid groups (broad SMARTS) is 1. The van der Waals surface area contributed by atoms with E-state index in [2.05, 4.69) is 10.3 Å². The third-order valence-corrected chi connectivity index (χ3v) is 4.11. The molecule has 0 aliphatic carbocycles. The van der Waals surface area contributed by atoms with Gasteiger partial charge in [0.05, 0.1) is 17.2 Å². The zero-order valence-electron chi connectivity index (χ0n) is 14.5. The van der Waals surface area contributed by atoms with Crippen LogP contribution in [-0.4, -0.2) is 32.6 Å². The fourth-order valence-corrected chi connectivity index (χ4v) is 2.65. The van der Waals surface area contributed by atoms with Crippen molar-refractivity contribution in [3.63, 3.8) is 0 Å². The third-order valence-electron chi connectivity index (χ3n) is 4.11. The molecule has 0 saturated heterocycles. The molecule has 134 valence electrons. The Morgan fingerprint density at radius 3 is 2.80 bits per heavy atom. The molecule has 0 saturated carbocycles. The first-order chi connectivity index (χ1) is 11.9. The third kappa shape index (κ3) is 4.65. The van der Waals surface area contributed by atoms with E-state index in [0.29, 0.717) is 17.3 Å². The van der Waals surface area contributed by atoms with Crippen LogP contribution in [-0.2, 0) is 16.1 Å². The van der Waals surface area contributed by atoms with E-state index < -0.39 is 12.0 Å². The van der Waals surface area contributed by atoms with Crippen molar-refractivity contribution in [1.82, 2.24) is 14.9 Å². The van der Waals surface area contributed by atoms with Crippen LogP contribution in [0.5, 0.6) is 0 Å². The number of fused-ring (bicyclic) bond motifs is 1. The number of amides is 1. The maximum atomic E-state index is 12.5. The van der Waals surface area contributed by atoms with Crippen LogP contribution in [0, 0.1) is 6.92 Å². The van der Waals surface area contributed by atoms with Gasteiger partial charge in [-0.05, 0) is 25.0 Å². The molecule has 2 N–H and O–H groups in total. The average Bonchev–Trinajstić information content (AvgIpc) is 2.58. The zero-order chi connectivity index (χ0) is 18.4. The molecule has 25 heavy (non-hydrogen) atoms. The molecular weight excluding hydrogens is 322 g/mol. The quantitative estimate of drug-likeness (QED) is 0.760. The van der Waals surface area contributed by atoms with E-state index in [-0.39, 0.29) is 24.4 Å². The summed E-state index contributed by atoms with van der Waals surface area (Å²) in [5, 5.41) is 12.2. The van der Waals surface area contributed by atoms with E-state index in [1.165, 1.54) is 10.9 Å². The number of carbonyl (C=O) groups is 2. The lowest BCUT2D eigenvalue weighted by Gasteiger charge is -2.14. The molecule has 7 nitrogen and oxygen atoms in total. The summed E-state index contributed by atoms with van der Waals surface area (Å²) < 4.78 is 1.38. The summed E-state index contributed by atoms with van der Waals surface area (Å²) in [5.74, 6) is -1.43. The number of carbonyl (C=O) groups excluding carboxylic acids is 1. The van der Waals surface area contributed by atoms with Crippen LogP contribution in [0.2, 0.25) is 0 Å². The second-order valence-electron chi connectivity index (χ2n) is 6.06. The molecular formula is C18H23N3O4. The molecule has 0 spiro atoms. The minimum Gasteiger partial charge on any atom is -0.480 e. The lowest BCUT2D eigenvalue weighted by atomic mass is 10.1.